The number of para-hydroxylation sites is 2. The summed E-state index contributed by atoms with van der Waals surface area (Å²) in [6.07, 6.45) is 6.06. The van der Waals surface area contributed by atoms with Crippen LogP contribution in [-0.4, -0.2) is 47.0 Å². The quantitative estimate of drug-likeness (QED) is 0.459. The Bertz CT molecular complexity index is 1300. The Hall–Kier alpha value is -4.01. The normalized spacial score (nSPS) is 17.8. The molecule has 0 bridgehead atoms. The summed E-state index contributed by atoms with van der Waals surface area (Å²) in [5.41, 5.74) is 1.89. The number of nitrogens with zero attached hydrogens (tertiary/aromatic N) is 3. The van der Waals surface area contributed by atoms with Crippen molar-refractivity contribution < 1.29 is 23.8 Å². The fourth-order valence-electron chi connectivity index (χ4n) is 5.38. The molecule has 1 aliphatic carbocycles. The molecule has 1 aromatic heterocycles. The lowest BCUT2D eigenvalue weighted by molar-refractivity contribution is -0.132. The maximum absolute atomic E-state index is 14.3. The van der Waals surface area contributed by atoms with Gasteiger partial charge in [-0.15, -0.1) is 0 Å². The van der Waals surface area contributed by atoms with Gasteiger partial charge in [0.25, 0.3) is 5.91 Å². The van der Waals surface area contributed by atoms with Gasteiger partial charge in [-0.25, -0.2) is 0 Å². The van der Waals surface area contributed by atoms with Crippen LogP contribution < -0.4 is 24.4 Å². The van der Waals surface area contributed by atoms with Crippen LogP contribution >= 0.6 is 0 Å². The SMILES string of the molecule is CCOc1ccc(N(C(=O)C2COc3ccccc3O2)C(C(=O)NC2CCCCC2)c2cn(C)nc2C)cc1. The number of aromatic nitrogens is 2. The summed E-state index contributed by atoms with van der Waals surface area (Å²) < 4.78 is 19.3. The average Bonchev–Trinajstić information content (AvgIpc) is 3.29. The van der Waals surface area contributed by atoms with Gasteiger partial charge in [-0.05, 0) is 63.1 Å². The largest absolute Gasteiger partial charge is 0.494 e. The Balaban J connectivity index is 1.55. The topological polar surface area (TPSA) is 94.9 Å². The number of anilines is 1. The van der Waals surface area contributed by atoms with Crippen LogP contribution in [0.5, 0.6) is 17.2 Å². The number of rotatable bonds is 8. The highest BCUT2D eigenvalue weighted by Crippen LogP contribution is 2.35. The van der Waals surface area contributed by atoms with Crippen molar-refractivity contribution in [2.45, 2.75) is 64.1 Å². The van der Waals surface area contributed by atoms with Gasteiger partial charge in [-0.1, -0.05) is 31.4 Å². The number of fused-ring (bicyclic) bond motifs is 1. The lowest BCUT2D eigenvalue weighted by atomic mass is 9.94. The van der Waals surface area contributed by atoms with Crippen molar-refractivity contribution in [2.75, 3.05) is 18.1 Å². The molecule has 2 amide bonds. The third-order valence-corrected chi connectivity index (χ3v) is 7.25. The van der Waals surface area contributed by atoms with Gasteiger partial charge in [0.05, 0.1) is 12.3 Å². The molecule has 1 N–H and O–H groups in total. The zero-order valence-electron chi connectivity index (χ0n) is 22.8. The van der Waals surface area contributed by atoms with Crippen LogP contribution in [0.25, 0.3) is 0 Å². The molecule has 9 nitrogen and oxygen atoms in total. The number of benzene rings is 2. The minimum absolute atomic E-state index is 0.0341. The van der Waals surface area contributed by atoms with Gasteiger partial charge in [0.1, 0.15) is 18.4 Å². The van der Waals surface area contributed by atoms with Gasteiger partial charge >= 0.3 is 0 Å². The van der Waals surface area contributed by atoms with E-state index in [0.717, 1.165) is 25.7 Å². The summed E-state index contributed by atoms with van der Waals surface area (Å²) in [6.45, 7) is 4.33. The molecule has 2 aromatic carbocycles. The number of aryl methyl sites for hydroxylation is 2. The molecule has 0 spiro atoms. The van der Waals surface area contributed by atoms with E-state index in [1.165, 1.54) is 11.3 Å². The van der Waals surface area contributed by atoms with Crippen molar-refractivity contribution in [1.29, 1.82) is 0 Å². The first kappa shape index (κ1) is 26.6. The fourth-order valence-corrected chi connectivity index (χ4v) is 5.38. The lowest BCUT2D eigenvalue weighted by Gasteiger charge is -2.36. The van der Waals surface area contributed by atoms with E-state index >= 15 is 0 Å². The van der Waals surface area contributed by atoms with Crippen LogP contribution in [-0.2, 0) is 16.6 Å². The van der Waals surface area contributed by atoms with Gasteiger partial charge in [-0.2, -0.15) is 5.10 Å². The van der Waals surface area contributed by atoms with Crippen molar-refractivity contribution in [1.82, 2.24) is 15.1 Å². The summed E-state index contributed by atoms with van der Waals surface area (Å²) in [4.78, 5) is 30.0. The Labute approximate surface area is 229 Å². The summed E-state index contributed by atoms with van der Waals surface area (Å²) >= 11 is 0. The predicted octanol–water partition coefficient (Wildman–Crippen LogP) is 4.49. The van der Waals surface area contributed by atoms with Crippen LogP contribution in [0.3, 0.4) is 0 Å². The van der Waals surface area contributed by atoms with Gasteiger partial charge in [0.2, 0.25) is 12.0 Å². The number of hydrogen-bond acceptors (Lipinski definition) is 6. The Morgan fingerprint density at radius 3 is 2.49 bits per heavy atom. The van der Waals surface area contributed by atoms with Crippen LogP contribution in [0.2, 0.25) is 0 Å². The molecule has 1 aliphatic heterocycles. The lowest BCUT2D eigenvalue weighted by Crippen LogP contribution is -2.52. The first-order valence-electron chi connectivity index (χ1n) is 13.7. The van der Waals surface area contributed by atoms with Crippen LogP contribution in [0.15, 0.2) is 54.7 Å². The molecule has 5 rings (SSSR count). The molecule has 0 radical (unpaired) electrons. The minimum atomic E-state index is -0.952. The maximum atomic E-state index is 14.3. The highest BCUT2D eigenvalue weighted by Gasteiger charge is 2.41. The van der Waals surface area contributed by atoms with E-state index in [9.17, 15) is 9.59 Å². The van der Waals surface area contributed by atoms with E-state index in [1.54, 1.807) is 41.1 Å². The molecule has 3 aromatic rings. The summed E-state index contributed by atoms with van der Waals surface area (Å²) in [5.74, 6) is 1.15. The second-order valence-electron chi connectivity index (χ2n) is 10.1. The van der Waals surface area contributed by atoms with E-state index in [4.69, 9.17) is 14.2 Å². The number of carbonyl (C=O) groups is 2. The van der Waals surface area contributed by atoms with Crippen molar-refractivity contribution in [2.24, 2.45) is 7.05 Å². The van der Waals surface area contributed by atoms with Gasteiger partial charge in [-0.3, -0.25) is 19.2 Å². The first-order chi connectivity index (χ1) is 18.9. The van der Waals surface area contributed by atoms with Crippen molar-refractivity contribution in [3.8, 4) is 17.2 Å². The maximum Gasteiger partial charge on any atom is 0.272 e. The fraction of sp³-hybridized carbons (Fsp3) is 0.433. The number of carbonyl (C=O) groups excluding carboxylic acids is 2. The first-order valence-corrected chi connectivity index (χ1v) is 13.7. The van der Waals surface area contributed by atoms with Gasteiger partial charge < -0.3 is 19.5 Å². The molecule has 2 atom stereocenters. The summed E-state index contributed by atoms with van der Waals surface area (Å²) in [7, 11) is 1.81. The smallest absolute Gasteiger partial charge is 0.272 e. The molecule has 39 heavy (non-hydrogen) atoms. The zero-order chi connectivity index (χ0) is 27.4. The number of amides is 2. The van der Waals surface area contributed by atoms with Crippen molar-refractivity contribution in [3.05, 3.63) is 66.0 Å². The van der Waals surface area contributed by atoms with Crippen molar-refractivity contribution in [3.63, 3.8) is 0 Å². The zero-order valence-corrected chi connectivity index (χ0v) is 22.8. The Morgan fingerprint density at radius 1 is 1.10 bits per heavy atom. The monoisotopic (exact) mass is 532 g/mol. The second kappa shape index (κ2) is 11.8. The van der Waals surface area contributed by atoms with E-state index < -0.39 is 12.1 Å². The van der Waals surface area contributed by atoms with E-state index in [-0.39, 0.29) is 24.5 Å². The number of hydrogen-bond donors (Lipinski definition) is 1. The summed E-state index contributed by atoms with van der Waals surface area (Å²) in [6, 6.07) is 13.6. The Kier molecular flexibility index (Phi) is 8.05. The molecule has 2 heterocycles. The number of nitrogens with one attached hydrogen (secondary N) is 1. The molecule has 9 heteroatoms. The molecule has 2 aliphatic rings. The molecule has 2 unspecified atom stereocenters. The van der Waals surface area contributed by atoms with Gasteiger partial charge in [0, 0.05) is 30.5 Å². The van der Waals surface area contributed by atoms with Crippen LogP contribution in [0.1, 0.15) is 56.3 Å². The molecular weight excluding hydrogens is 496 g/mol. The van der Waals surface area contributed by atoms with Gasteiger partial charge in [0.15, 0.2) is 11.5 Å². The van der Waals surface area contributed by atoms with E-state index in [2.05, 4.69) is 10.4 Å². The number of ether oxygens (including phenoxy) is 3. The molecule has 1 saturated carbocycles. The third-order valence-electron chi connectivity index (χ3n) is 7.25. The highest BCUT2D eigenvalue weighted by atomic mass is 16.6. The van der Waals surface area contributed by atoms with E-state index in [0.29, 0.717) is 40.8 Å². The average molecular weight is 533 g/mol. The van der Waals surface area contributed by atoms with Crippen LogP contribution in [0.4, 0.5) is 5.69 Å². The summed E-state index contributed by atoms with van der Waals surface area (Å²) in [5, 5.41) is 7.74. The minimum Gasteiger partial charge on any atom is -0.494 e. The third kappa shape index (κ3) is 5.87. The highest BCUT2D eigenvalue weighted by molar-refractivity contribution is 6.03. The van der Waals surface area contributed by atoms with Crippen LogP contribution in [0, 0.1) is 6.92 Å². The molecular formula is C30H36N4O5. The Morgan fingerprint density at radius 2 is 1.82 bits per heavy atom. The van der Waals surface area contributed by atoms with Crippen molar-refractivity contribution >= 4 is 17.5 Å². The standard InChI is InChI=1S/C30H36N4O5/c1-4-37-23-16-14-22(15-17-23)34(30(36)27-19-38-25-12-8-9-13-26(25)39-27)28(24-18-33(3)32-20(24)2)29(35)31-21-10-6-5-7-11-21/h8-9,12-18,21,27-28H,4-7,10-11,19H2,1-3H3,(H,31,35). The molecule has 0 saturated heterocycles. The predicted molar refractivity (Wildman–Crippen MR) is 147 cm³/mol. The second-order valence-corrected chi connectivity index (χ2v) is 10.1. The van der Waals surface area contributed by atoms with E-state index in [1.807, 2.05) is 39.2 Å². The molecule has 1 fully saturated rings. The molecule has 206 valence electrons.